The van der Waals surface area contributed by atoms with E-state index in [0.717, 1.165) is 25.8 Å². The number of thiophene rings is 1. The molecule has 4 heteroatoms. The SMILES string of the molecule is Cc1cc(C)c2c(CCCCN)c(-c3ccc(Br)s3)[nH]c2c1. The van der Waals surface area contributed by atoms with Crippen LogP contribution >= 0.6 is 27.3 Å². The van der Waals surface area contributed by atoms with Crippen molar-refractivity contribution in [3.63, 3.8) is 0 Å². The van der Waals surface area contributed by atoms with Gasteiger partial charge in [-0.05, 0) is 90.5 Å². The number of rotatable bonds is 5. The van der Waals surface area contributed by atoms with Crippen molar-refractivity contribution in [3.05, 3.63) is 44.7 Å². The molecule has 0 aliphatic rings. The van der Waals surface area contributed by atoms with E-state index in [-0.39, 0.29) is 0 Å². The number of benzene rings is 1. The molecule has 0 amide bonds. The largest absolute Gasteiger partial charge is 0.354 e. The van der Waals surface area contributed by atoms with Gasteiger partial charge in [0.15, 0.2) is 0 Å². The van der Waals surface area contributed by atoms with Crippen molar-refractivity contribution >= 4 is 38.2 Å². The molecule has 2 aromatic heterocycles. The van der Waals surface area contributed by atoms with Crippen LogP contribution in [0, 0.1) is 13.8 Å². The summed E-state index contributed by atoms with van der Waals surface area (Å²) in [6.07, 6.45) is 3.29. The second-order valence-corrected chi connectivity index (χ2v) is 8.30. The fraction of sp³-hybridized carbons (Fsp3) is 0.333. The monoisotopic (exact) mass is 376 g/mol. The van der Waals surface area contributed by atoms with Gasteiger partial charge in [0.2, 0.25) is 0 Å². The summed E-state index contributed by atoms with van der Waals surface area (Å²) in [5.41, 5.74) is 12.3. The lowest BCUT2D eigenvalue weighted by Crippen LogP contribution is -1.99. The molecule has 116 valence electrons. The normalized spacial score (nSPS) is 11.5. The van der Waals surface area contributed by atoms with Gasteiger partial charge in [0, 0.05) is 10.9 Å². The Kier molecular flexibility index (Phi) is 4.71. The van der Waals surface area contributed by atoms with Crippen LogP contribution in [0.15, 0.2) is 28.1 Å². The number of aromatic nitrogens is 1. The first kappa shape index (κ1) is 15.8. The highest BCUT2D eigenvalue weighted by atomic mass is 79.9. The highest BCUT2D eigenvalue weighted by Crippen LogP contribution is 2.38. The summed E-state index contributed by atoms with van der Waals surface area (Å²) in [4.78, 5) is 4.96. The minimum atomic E-state index is 0.764. The summed E-state index contributed by atoms with van der Waals surface area (Å²) < 4.78 is 1.17. The number of nitrogens with one attached hydrogen (secondary N) is 1. The van der Waals surface area contributed by atoms with E-state index in [1.807, 2.05) is 0 Å². The molecule has 0 bridgehead atoms. The van der Waals surface area contributed by atoms with E-state index in [4.69, 9.17) is 5.73 Å². The van der Waals surface area contributed by atoms with Crippen LogP contribution < -0.4 is 5.73 Å². The van der Waals surface area contributed by atoms with Gasteiger partial charge in [0.25, 0.3) is 0 Å². The van der Waals surface area contributed by atoms with Crippen LogP contribution in [0.2, 0.25) is 0 Å². The molecule has 1 aromatic carbocycles. The minimum absolute atomic E-state index is 0.764. The number of halogens is 1. The molecule has 0 radical (unpaired) electrons. The third kappa shape index (κ3) is 3.00. The van der Waals surface area contributed by atoms with Crippen molar-refractivity contribution in [2.45, 2.75) is 33.1 Å². The Hall–Kier alpha value is -1.10. The van der Waals surface area contributed by atoms with Crippen molar-refractivity contribution in [1.82, 2.24) is 4.98 Å². The number of nitrogens with two attached hydrogens (primary N) is 1. The quantitative estimate of drug-likeness (QED) is 0.562. The van der Waals surface area contributed by atoms with E-state index in [9.17, 15) is 0 Å². The maximum atomic E-state index is 5.67. The van der Waals surface area contributed by atoms with Gasteiger partial charge in [0.05, 0.1) is 14.4 Å². The van der Waals surface area contributed by atoms with Gasteiger partial charge in [-0.2, -0.15) is 0 Å². The topological polar surface area (TPSA) is 41.8 Å². The number of unbranched alkanes of at least 4 members (excludes halogenated alkanes) is 1. The van der Waals surface area contributed by atoms with Gasteiger partial charge in [-0.1, -0.05) is 6.07 Å². The van der Waals surface area contributed by atoms with E-state index in [0.29, 0.717) is 0 Å². The maximum absolute atomic E-state index is 5.67. The zero-order valence-corrected chi connectivity index (χ0v) is 15.4. The number of hydrogen-bond acceptors (Lipinski definition) is 2. The van der Waals surface area contributed by atoms with Gasteiger partial charge >= 0.3 is 0 Å². The average Bonchev–Trinajstić information content (AvgIpc) is 3.03. The Morgan fingerprint density at radius 1 is 1.18 bits per heavy atom. The smallest absolute Gasteiger partial charge is 0.0705 e. The second-order valence-electron chi connectivity index (χ2n) is 5.83. The third-order valence-corrected chi connectivity index (χ3v) is 5.68. The van der Waals surface area contributed by atoms with Crippen LogP contribution in [0.4, 0.5) is 0 Å². The molecule has 3 N–H and O–H groups in total. The standard InChI is InChI=1S/C18H21BrN2S/c1-11-9-12(2)17-13(5-3-4-8-20)18(21-14(17)10-11)15-6-7-16(19)22-15/h6-7,9-10,21H,3-5,8,20H2,1-2H3. The molecule has 0 aliphatic carbocycles. The number of aryl methyl sites for hydroxylation is 3. The summed E-state index contributed by atoms with van der Waals surface area (Å²) in [6, 6.07) is 8.83. The summed E-state index contributed by atoms with van der Waals surface area (Å²) in [5, 5.41) is 1.39. The van der Waals surface area contributed by atoms with E-state index in [1.54, 1.807) is 11.3 Å². The fourth-order valence-corrected chi connectivity index (χ4v) is 4.57. The zero-order valence-electron chi connectivity index (χ0n) is 13.0. The summed E-state index contributed by atoms with van der Waals surface area (Å²) >= 11 is 5.36. The van der Waals surface area contributed by atoms with Crippen LogP contribution in [0.1, 0.15) is 29.5 Å². The first-order valence-electron chi connectivity index (χ1n) is 7.67. The highest BCUT2D eigenvalue weighted by molar-refractivity contribution is 9.11. The fourth-order valence-electron chi connectivity index (χ4n) is 3.16. The van der Waals surface area contributed by atoms with E-state index in [1.165, 1.54) is 42.0 Å². The Balaban J connectivity index is 2.16. The zero-order chi connectivity index (χ0) is 15.7. The molecule has 2 heterocycles. The Morgan fingerprint density at radius 3 is 2.68 bits per heavy atom. The predicted octanol–water partition coefficient (Wildman–Crippen LogP) is 5.56. The maximum Gasteiger partial charge on any atom is 0.0705 e. The van der Waals surface area contributed by atoms with Crippen molar-refractivity contribution < 1.29 is 0 Å². The lowest BCUT2D eigenvalue weighted by Gasteiger charge is -2.05. The molecule has 0 spiro atoms. The third-order valence-electron chi connectivity index (χ3n) is 4.04. The second kappa shape index (κ2) is 6.57. The molecule has 0 saturated carbocycles. The van der Waals surface area contributed by atoms with Gasteiger partial charge in [-0.15, -0.1) is 11.3 Å². The lowest BCUT2D eigenvalue weighted by molar-refractivity contribution is 0.748. The lowest BCUT2D eigenvalue weighted by atomic mass is 9.99. The molecule has 2 nitrogen and oxygen atoms in total. The molecule has 3 rings (SSSR count). The van der Waals surface area contributed by atoms with E-state index < -0.39 is 0 Å². The Labute approximate surface area is 143 Å². The summed E-state index contributed by atoms with van der Waals surface area (Å²) in [6.45, 7) is 5.13. The van der Waals surface area contributed by atoms with Crippen molar-refractivity contribution in [3.8, 4) is 10.6 Å². The average molecular weight is 377 g/mol. The van der Waals surface area contributed by atoms with Crippen LogP contribution in [0.5, 0.6) is 0 Å². The van der Waals surface area contributed by atoms with Crippen molar-refractivity contribution in [2.24, 2.45) is 5.73 Å². The first-order valence-corrected chi connectivity index (χ1v) is 9.28. The van der Waals surface area contributed by atoms with Crippen LogP contribution in [-0.4, -0.2) is 11.5 Å². The predicted molar refractivity (Wildman–Crippen MR) is 101 cm³/mol. The molecule has 0 unspecified atom stereocenters. The molecule has 0 atom stereocenters. The number of hydrogen-bond donors (Lipinski definition) is 2. The molecule has 0 saturated heterocycles. The molecule has 0 fully saturated rings. The Morgan fingerprint density at radius 2 is 2.00 bits per heavy atom. The minimum Gasteiger partial charge on any atom is -0.354 e. The van der Waals surface area contributed by atoms with Crippen LogP contribution in [0.25, 0.3) is 21.5 Å². The van der Waals surface area contributed by atoms with Crippen LogP contribution in [0.3, 0.4) is 0 Å². The molecular formula is C18H21BrN2S. The number of fused-ring (bicyclic) bond motifs is 1. The van der Waals surface area contributed by atoms with Crippen molar-refractivity contribution in [2.75, 3.05) is 6.54 Å². The molecule has 0 aliphatic heterocycles. The molecule has 3 aromatic rings. The van der Waals surface area contributed by atoms with Gasteiger partial charge in [-0.3, -0.25) is 0 Å². The first-order chi connectivity index (χ1) is 10.6. The number of H-pyrrole nitrogens is 1. The summed E-state index contributed by atoms with van der Waals surface area (Å²) in [5.74, 6) is 0. The summed E-state index contributed by atoms with van der Waals surface area (Å²) in [7, 11) is 0. The van der Waals surface area contributed by atoms with Crippen molar-refractivity contribution in [1.29, 1.82) is 0 Å². The molecular weight excluding hydrogens is 356 g/mol. The van der Waals surface area contributed by atoms with Crippen LogP contribution in [-0.2, 0) is 6.42 Å². The molecule has 22 heavy (non-hydrogen) atoms. The van der Waals surface area contributed by atoms with Gasteiger partial charge < -0.3 is 10.7 Å². The van der Waals surface area contributed by atoms with E-state index >= 15 is 0 Å². The van der Waals surface area contributed by atoms with E-state index in [2.05, 4.69) is 59.0 Å². The Bertz CT molecular complexity index is 801. The van der Waals surface area contributed by atoms with Gasteiger partial charge in [0.1, 0.15) is 0 Å². The number of aromatic amines is 1. The highest BCUT2D eigenvalue weighted by Gasteiger charge is 2.16. The van der Waals surface area contributed by atoms with Gasteiger partial charge in [-0.25, -0.2) is 0 Å².